The molecule has 1 unspecified atom stereocenters. The van der Waals surface area contributed by atoms with Crippen LogP contribution in [0.1, 0.15) is 43.4 Å². The van der Waals surface area contributed by atoms with Crippen molar-refractivity contribution < 1.29 is 14.7 Å². The minimum atomic E-state index is -0.848. The SMILES string of the molecule is CNC(=O)Cc1ccc(-c2ccc3c(c2)CCN(C(=O)O)CC3C(C)(C)C)cc1. The van der Waals surface area contributed by atoms with Crippen molar-refractivity contribution in [2.75, 3.05) is 20.1 Å². The van der Waals surface area contributed by atoms with Gasteiger partial charge in [-0.3, -0.25) is 4.79 Å². The maximum absolute atomic E-state index is 11.6. The summed E-state index contributed by atoms with van der Waals surface area (Å²) in [5, 5.41) is 12.2. The summed E-state index contributed by atoms with van der Waals surface area (Å²) >= 11 is 0. The van der Waals surface area contributed by atoms with E-state index in [1.807, 2.05) is 24.3 Å². The van der Waals surface area contributed by atoms with E-state index in [0.717, 1.165) is 23.1 Å². The van der Waals surface area contributed by atoms with Crippen LogP contribution in [0, 0.1) is 5.41 Å². The van der Waals surface area contributed by atoms with Crippen LogP contribution in [0.5, 0.6) is 0 Å². The van der Waals surface area contributed by atoms with Gasteiger partial charge in [0.15, 0.2) is 0 Å². The van der Waals surface area contributed by atoms with Crippen molar-refractivity contribution in [3.05, 3.63) is 59.2 Å². The molecule has 0 saturated carbocycles. The van der Waals surface area contributed by atoms with E-state index in [0.29, 0.717) is 19.5 Å². The lowest BCUT2D eigenvalue weighted by Crippen LogP contribution is -2.36. The van der Waals surface area contributed by atoms with Crippen LogP contribution >= 0.6 is 0 Å². The average Bonchev–Trinajstić information content (AvgIpc) is 2.87. The highest BCUT2D eigenvalue weighted by Crippen LogP contribution is 2.40. The molecule has 0 aliphatic carbocycles. The Balaban J connectivity index is 1.92. The van der Waals surface area contributed by atoms with Gasteiger partial charge in [-0.25, -0.2) is 4.79 Å². The maximum atomic E-state index is 11.6. The third-order valence-electron chi connectivity index (χ3n) is 5.82. The first-order chi connectivity index (χ1) is 13.7. The molecular formula is C24H30N2O3. The Morgan fingerprint density at radius 3 is 2.34 bits per heavy atom. The number of nitrogens with one attached hydrogen (secondary N) is 1. The molecule has 1 aliphatic rings. The van der Waals surface area contributed by atoms with Crippen molar-refractivity contribution in [2.45, 2.75) is 39.5 Å². The number of rotatable bonds is 3. The fourth-order valence-electron chi connectivity index (χ4n) is 4.01. The van der Waals surface area contributed by atoms with Gasteiger partial charge in [0.05, 0.1) is 6.42 Å². The molecular weight excluding hydrogens is 364 g/mol. The van der Waals surface area contributed by atoms with Crippen LogP contribution in [-0.4, -0.2) is 42.1 Å². The van der Waals surface area contributed by atoms with Crippen molar-refractivity contribution in [1.29, 1.82) is 0 Å². The second kappa shape index (κ2) is 8.27. The lowest BCUT2D eigenvalue weighted by Gasteiger charge is -2.33. The average molecular weight is 395 g/mol. The predicted octanol–water partition coefficient (Wildman–Crippen LogP) is 4.31. The summed E-state index contributed by atoms with van der Waals surface area (Å²) in [4.78, 5) is 24.7. The van der Waals surface area contributed by atoms with E-state index in [4.69, 9.17) is 0 Å². The fraction of sp³-hybridized carbons (Fsp3) is 0.417. The minimum Gasteiger partial charge on any atom is -0.465 e. The monoisotopic (exact) mass is 394 g/mol. The Labute approximate surface area is 172 Å². The van der Waals surface area contributed by atoms with E-state index in [1.54, 1.807) is 11.9 Å². The quantitative estimate of drug-likeness (QED) is 0.815. The van der Waals surface area contributed by atoms with Gasteiger partial charge in [0, 0.05) is 26.1 Å². The van der Waals surface area contributed by atoms with Crippen LogP contribution in [-0.2, 0) is 17.6 Å². The Morgan fingerprint density at radius 2 is 1.76 bits per heavy atom. The molecule has 1 heterocycles. The number of hydrogen-bond donors (Lipinski definition) is 2. The Bertz CT molecular complexity index is 897. The summed E-state index contributed by atoms with van der Waals surface area (Å²) in [6.07, 6.45) is 0.245. The first-order valence-electron chi connectivity index (χ1n) is 10.1. The number of fused-ring (bicyclic) bond motifs is 1. The van der Waals surface area contributed by atoms with Gasteiger partial charge in [-0.15, -0.1) is 0 Å². The molecule has 5 heteroatoms. The zero-order valence-electron chi connectivity index (χ0n) is 17.7. The fourth-order valence-corrected chi connectivity index (χ4v) is 4.01. The summed E-state index contributed by atoms with van der Waals surface area (Å²) in [5.74, 6) is 0.152. The zero-order chi connectivity index (χ0) is 21.2. The van der Waals surface area contributed by atoms with Gasteiger partial charge in [-0.2, -0.15) is 0 Å². The maximum Gasteiger partial charge on any atom is 0.407 e. The van der Waals surface area contributed by atoms with Crippen LogP contribution in [0.15, 0.2) is 42.5 Å². The molecule has 2 amide bonds. The molecule has 154 valence electrons. The van der Waals surface area contributed by atoms with Gasteiger partial charge in [0.2, 0.25) is 5.91 Å². The van der Waals surface area contributed by atoms with Crippen LogP contribution in [0.2, 0.25) is 0 Å². The number of amides is 2. The molecule has 0 saturated heterocycles. The van der Waals surface area contributed by atoms with Gasteiger partial charge in [0.25, 0.3) is 0 Å². The summed E-state index contributed by atoms with van der Waals surface area (Å²) < 4.78 is 0. The second-order valence-electron chi connectivity index (χ2n) is 8.86. The molecule has 0 radical (unpaired) electrons. The van der Waals surface area contributed by atoms with Crippen molar-refractivity contribution >= 4 is 12.0 Å². The summed E-state index contributed by atoms with van der Waals surface area (Å²) in [6.45, 7) is 7.56. The molecule has 3 rings (SSSR count). The highest BCUT2D eigenvalue weighted by Gasteiger charge is 2.33. The molecule has 0 bridgehead atoms. The third-order valence-corrected chi connectivity index (χ3v) is 5.82. The van der Waals surface area contributed by atoms with Crippen LogP contribution in [0.4, 0.5) is 4.79 Å². The Kier molecular flexibility index (Phi) is 5.96. The number of carbonyl (C=O) groups excluding carboxylic acids is 1. The van der Waals surface area contributed by atoms with Gasteiger partial charge in [-0.05, 0) is 39.7 Å². The second-order valence-corrected chi connectivity index (χ2v) is 8.86. The molecule has 2 N–H and O–H groups in total. The molecule has 2 aromatic carbocycles. The highest BCUT2D eigenvalue weighted by atomic mass is 16.4. The highest BCUT2D eigenvalue weighted by molar-refractivity contribution is 5.78. The Hall–Kier alpha value is -2.82. The van der Waals surface area contributed by atoms with Crippen molar-refractivity contribution in [1.82, 2.24) is 10.2 Å². The van der Waals surface area contributed by atoms with Crippen LogP contribution in [0.25, 0.3) is 11.1 Å². The molecule has 5 nitrogen and oxygen atoms in total. The van der Waals surface area contributed by atoms with E-state index in [-0.39, 0.29) is 17.2 Å². The smallest absolute Gasteiger partial charge is 0.407 e. The number of likely N-dealkylation sites (N-methyl/N-ethyl adjacent to an activating group) is 1. The van der Waals surface area contributed by atoms with Crippen molar-refractivity contribution in [3.8, 4) is 11.1 Å². The van der Waals surface area contributed by atoms with Crippen molar-refractivity contribution in [3.63, 3.8) is 0 Å². The topological polar surface area (TPSA) is 69.6 Å². The minimum absolute atomic E-state index is 0.000937. The van der Waals surface area contributed by atoms with E-state index in [2.05, 4.69) is 44.3 Å². The Morgan fingerprint density at radius 1 is 1.10 bits per heavy atom. The lowest BCUT2D eigenvalue weighted by molar-refractivity contribution is -0.119. The summed E-state index contributed by atoms with van der Waals surface area (Å²) in [6, 6.07) is 14.6. The first kappa shape index (κ1) is 20.9. The van der Waals surface area contributed by atoms with Gasteiger partial charge >= 0.3 is 6.09 Å². The number of benzene rings is 2. The van der Waals surface area contributed by atoms with E-state index < -0.39 is 6.09 Å². The number of hydrogen-bond acceptors (Lipinski definition) is 2. The molecule has 0 fully saturated rings. The zero-order valence-corrected chi connectivity index (χ0v) is 17.7. The normalized spacial score (nSPS) is 16.7. The molecule has 29 heavy (non-hydrogen) atoms. The van der Waals surface area contributed by atoms with E-state index in [9.17, 15) is 14.7 Å². The molecule has 2 aromatic rings. The first-order valence-corrected chi connectivity index (χ1v) is 10.1. The molecule has 0 spiro atoms. The van der Waals surface area contributed by atoms with Crippen molar-refractivity contribution in [2.24, 2.45) is 5.41 Å². The number of carboxylic acid groups (broad SMARTS) is 1. The van der Waals surface area contributed by atoms with Gasteiger partial charge < -0.3 is 15.3 Å². The number of nitrogens with zero attached hydrogens (tertiary/aromatic N) is 1. The number of carbonyl (C=O) groups is 2. The third kappa shape index (κ3) is 4.78. The lowest BCUT2D eigenvalue weighted by atomic mass is 9.74. The molecule has 1 aliphatic heterocycles. The van der Waals surface area contributed by atoms with E-state index >= 15 is 0 Å². The molecule has 0 aromatic heterocycles. The predicted molar refractivity (Wildman–Crippen MR) is 115 cm³/mol. The standard InChI is InChI=1S/C24H30N2O3/c1-24(2,3)21-15-26(23(28)29)12-11-19-14-18(9-10-20(19)21)17-7-5-16(6-8-17)13-22(27)25-4/h5-10,14,21H,11-13,15H2,1-4H3,(H,25,27)(H,28,29). The van der Waals surface area contributed by atoms with E-state index in [1.165, 1.54) is 11.1 Å². The summed E-state index contributed by atoms with van der Waals surface area (Å²) in [7, 11) is 1.64. The van der Waals surface area contributed by atoms with Crippen LogP contribution in [0.3, 0.4) is 0 Å². The largest absolute Gasteiger partial charge is 0.465 e. The van der Waals surface area contributed by atoms with Gasteiger partial charge in [-0.1, -0.05) is 63.2 Å². The van der Waals surface area contributed by atoms with Crippen LogP contribution < -0.4 is 5.32 Å². The summed E-state index contributed by atoms with van der Waals surface area (Å²) in [5.41, 5.74) is 5.64. The molecule has 1 atom stereocenters. The van der Waals surface area contributed by atoms with Gasteiger partial charge in [0.1, 0.15) is 0 Å².